The molecular formula is C13H12F3NS. The van der Waals surface area contributed by atoms with E-state index in [-0.39, 0.29) is 0 Å². The number of hydrogen-bond donors (Lipinski definition) is 0. The molecule has 0 radical (unpaired) electrons. The molecule has 0 unspecified atom stereocenters. The number of benzene rings is 1. The van der Waals surface area contributed by atoms with Crippen LogP contribution in [0.1, 0.15) is 23.1 Å². The van der Waals surface area contributed by atoms with Gasteiger partial charge in [-0.2, -0.15) is 13.2 Å². The summed E-state index contributed by atoms with van der Waals surface area (Å²) in [5.74, 6) is 0. The first-order chi connectivity index (χ1) is 8.41. The van der Waals surface area contributed by atoms with Crippen LogP contribution < -0.4 is 0 Å². The number of aromatic nitrogens is 1. The standard InChI is InChI=1S/C13H12F3NS/c1-3-11-8(2)18-12(17-11)9-4-6-10(7-5-9)13(14,15)16/h4-7H,3H2,1-2H3. The first kappa shape index (κ1) is 13.1. The Hall–Kier alpha value is -1.36. The summed E-state index contributed by atoms with van der Waals surface area (Å²) in [6.07, 6.45) is -3.45. The van der Waals surface area contributed by atoms with Gasteiger partial charge < -0.3 is 0 Å². The topological polar surface area (TPSA) is 12.9 Å². The fourth-order valence-corrected chi connectivity index (χ4v) is 2.69. The molecule has 0 atom stereocenters. The van der Waals surface area contributed by atoms with Crippen LogP contribution in [0.3, 0.4) is 0 Å². The van der Waals surface area contributed by atoms with Gasteiger partial charge in [0.2, 0.25) is 0 Å². The van der Waals surface area contributed by atoms with Crippen molar-refractivity contribution in [2.24, 2.45) is 0 Å². The van der Waals surface area contributed by atoms with Crippen LogP contribution in [0.2, 0.25) is 0 Å². The summed E-state index contributed by atoms with van der Waals surface area (Å²) in [5.41, 5.74) is 1.11. The quantitative estimate of drug-likeness (QED) is 0.771. The van der Waals surface area contributed by atoms with Crippen LogP contribution in [0.25, 0.3) is 10.6 Å². The van der Waals surface area contributed by atoms with E-state index in [2.05, 4.69) is 4.98 Å². The first-order valence-corrected chi connectivity index (χ1v) is 6.37. The third kappa shape index (κ3) is 2.56. The Morgan fingerprint density at radius 3 is 2.22 bits per heavy atom. The van der Waals surface area contributed by atoms with E-state index in [0.29, 0.717) is 0 Å². The molecule has 0 saturated carbocycles. The zero-order valence-electron chi connectivity index (χ0n) is 10.0. The normalized spacial score (nSPS) is 11.8. The van der Waals surface area contributed by atoms with Gasteiger partial charge >= 0.3 is 6.18 Å². The Morgan fingerprint density at radius 2 is 1.78 bits per heavy atom. The van der Waals surface area contributed by atoms with Crippen LogP contribution in [-0.2, 0) is 12.6 Å². The fourth-order valence-electron chi connectivity index (χ4n) is 1.68. The third-order valence-corrected chi connectivity index (χ3v) is 3.75. The molecular weight excluding hydrogens is 259 g/mol. The second kappa shape index (κ2) is 4.72. The minimum atomic E-state index is -4.29. The molecule has 1 aromatic heterocycles. The van der Waals surface area contributed by atoms with Crippen molar-refractivity contribution in [1.29, 1.82) is 0 Å². The molecule has 2 aromatic rings. The van der Waals surface area contributed by atoms with Crippen molar-refractivity contribution >= 4 is 11.3 Å². The summed E-state index contributed by atoms with van der Waals surface area (Å²) in [5, 5.41) is 0.776. The molecule has 0 bridgehead atoms. The number of hydrogen-bond acceptors (Lipinski definition) is 2. The van der Waals surface area contributed by atoms with E-state index < -0.39 is 11.7 Å². The lowest BCUT2D eigenvalue weighted by Gasteiger charge is -2.06. The summed E-state index contributed by atoms with van der Waals surface area (Å²) in [6.45, 7) is 3.99. The van der Waals surface area contributed by atoms with Crippen molar-refractivity contribution in [3.05, 3.63) is 40.4 Å². The molecule has 1 aromatic carbocycles. The number of nitrogens with zero attached hydrogens (tertiary/aromatic N) is 1. The zero-order valence-corrected chi connectivity index (χ0v) is 10.8. The van der Waals surface area contributed by atoms with E-state index in [1.807, 2.05) is 13.8 Å². The van der Waals surface area contributed by atoms with Crippen LogP contribution in [0.4, 0.5) is 13.2 Å². The Labute approximate surface area is 107 Å². The van der Waals surface area contributed by atoms with Crippen molar-refractivity contribution in [3.8, 4) is 10.6 Å². The highest BCUT2D eigenvalue weighted by atomic mass is 32.1. The summed E-state index contributed by atoms with van der Waals surface area (Å²) < 4.78 is 37.3. The van der Waals surface area contributed by atoms with Crippen molar-refractivity contribution in [3.63, 3.8) is 0 Å². The van der Waals surface area contributed by atoms with Gasteiger partial charge in [0.15, 0.2) is 0 Å². The van der Waals surface area contributed by atoms with Crippen LogP contribution in [0, 0.1) is 6.92 Å². The highest BCUT2D eigenvalue weighted by molar-refractivity contribution is 7.15. The summed E-state index contributed by atoms with van der Waals surface area (Å²) in [6, 6.07) is 5.14. The van der Waals surface area contributed by atoms with E-state index in [9.17, 15) is 13.2 Å². The molecule has 0 fully saturated rings. The van der Waals surface area contributed by atoms with Crippen LogP contribution in [0.15, 0.2) is 24.3 Å². The van der Waals surface area contributed by atoms with Gasteiger partial charge in [0, 0.05) is 10.4 Å². The Kier molecular flexibility index (Phi) is 3.43. The van der Waals surface area contributed by atoms with Crippen molar-refractivity contribution in [1.82, 2.24) is 4.98 Å². The molecule has 0 aliphatic rings. The molecule has 1 nitrogen and oxygen atoms in total. The van der Waals surface area contributed by atoms with E-state index in [0.717, 1.165) is 39.7 Å². The maximum atomic E-state index is 12.4. The lowest BCUT2D eigenvalue weighted by Crippen LogP contribution is -2.03. The molecule has 2 rings (SSSR count). The van der Waals surface area contributed by atoms with Gasteiger partial charge in [-0.3, -0.25) is 0 Å². The molecule has 0 spiro atoms. The Bertz CT molecular complexity index is 540. The van der Waals surface area contributed by atoms with E-state index >= 15 is 0 Å². The second-order valence-corrected chi connectivity index (χ2v) is 5.15. The molecule has 5 heteroatoms. The maximum Gasteiger partial charge on any atom is 0.416 e. The number of halogens is 3. The van der Waals surface area contributed by atoms with Crippen LogP contribution >= 0.6 is 11.3 Å². The maximum absolute atomic E-state index is 12.4. The van der Waals surface area contributed by atoms with Crippen LogP contribution in [0.5, 0.6) is 0 Å². The van der Waals surface area contributed by atoms with E-state index in [4.69, 9.17) is 0 Å². The average molecular weight is 271 g/mol. The van der Waals surface area contributed by atoms with Gasteiger partial charge in [0.25, 0.3) is 0 Å². The lowest BCUT2D eigenvalue weighted by atomic mass is 10.1. The molecule has 1 heterocycles. The molecule has 0 aliphatic heterocycles. The minimum Gasteiger partial charge on any atom is -0.241 e. The smallest absolute Gasteiger partial charge is 0.241 e. The highest BCUT2D eigenvalue weighted by Crippen LogP contribution is 2.32. The summed E-state index contributed by atoms with van der Waals surface area (Å²) >= 11 is 1.51. The van der Waals surface area contributed by atoms with Crippen molar-refractivity contribution < 1.29 is 13.2 Å². The van der Waals surface area contributed by atoms with Gasteiger partial charge in [-0.1, -0.05) is 19.1 Å². The monoisotopic (exact) mass is 271 g/mol. The molecule has 0 N–H and O–H groups in total. The predicted octanol–water partition coefficient (Wildman–Crippen LogP) is 4.70. The number of aryl methyl sites for hydroxylation is 2. The van der Waals surface area contributed by atoms with Crippen molar-refractivity contribution in [2.45, 2.75) is 26.4 Å². The second-order valence-electron chi connectivity index (χ2n) is 3.95. The SMILES string of the molecule is CCc1nc(-c2ccc(C(F)(F)F)cc2)sc1C. The molecule has 0 amide bonds. The predicted molar refractivity (Wildman–Crippen MR) is 66.7 cm³/mol. The summed E-state index contributed by atoms with van der Waals surface area (Å²) in [4.78, 5) is 5.55. The largest absolute Gasteiger partial charge is 0.416 e. The fraction of sp³-hybridized carbons (Fsp3) is 0.308. The van der Waals surface area contributed by atoms with E-state index in [1.165, 1.54) is 23.5 Å². The van der Waals surface area contributed by atoms with Crippen LogP contribution in [-0.4, -0.2) is 4.98 Å². The molecule has 96 valence electrons. The van der Waals surface area contributed by atoms with Gasteiger partial charge in [0.1, 0.15) is 5.01 Å². The highest BCUT2D eigenvalue weighted by Gasteiger charge is 2.30. The first-order valence-electron chi connectivity index (χ1n) is 5.55. The van der Waals surface area contributed by atoms with E-state index in [1.54, 1.807) is 0 Å². The van der Waals surface area contributed by atoms with Gasteiger partial charge in [-0.15, -0.1) is 11.3 Å². The molecule has 18 heavy (non-hydrogen) atoms. The molecule has 0 aliphatic carbocycles. The van der Waals surface area contributed by atoms with Gasteiger partial charge in [-0.25, -0.2) is 4.98 Å². The number of alkyl halides is 3. The zero-order chi connectivity index (χ0) is 13.3. The van der Waals surface area contributed by atoms with Gasteiger partial charge in [0.05, 0.1) is 11.3 Å². The number of rotatable bonds is 2. The Balaban J connectivity index is 2.34. The summed E-state index contributed by atoms with van der Waals surface area (Å²) in [7, 11) is 0. The number of thiazole rings is 1. The van der Waals surface area contributed by atoms with Gasteiger partial charge in [-0.05, 0) is 25.5 Å². The molecule has 0 saturated heterocycles. The minimum absolute atomic E-state index is 0.629. The third-order valence-electron chi connectivity index (χ3n) is 2.69. The Morgan fingerprint density at radius 1 is 1.17 bits per heavy atom. The lowest BCUT2D eigenvalue weighted by molar-refractivity contribution is -0.137. The van der Waals surface area contributed by atoms with Crippen molar-refractivity contribution in [2.75, 3.05) is 0 Å². The average Bonchev–Trinajstić information content (AvgIpc) is 2.69.